The summed E-state index contributed by atoms with van der Waals surface area (Å²) in [6.45, 7) is 0. The molecule has 0 unspecified atom stereocenters. The Morgan fingerprint density at radius 3 is 1.72 bits per heavy atom. The molecular weight excluding hydrogens is 376 g/mol. The van der Waals surface area contributed by atoms with Crippen molar-refractivity contribution in [3.05, 3.63) is 64.5 Å². The van der Waals surface area contributed by atoms with Gasteiger partial charge in [0.25, 0.3) is 0 Å². The lowest BCUT2D eigenvalue weighted by atomic mass is 10.0. The van der Waals surface area contributed by atoms with E-state index in [2.05, 4.69) is 0 Å². The van der Waals surface area contributed by atoms with E-state index >= 15 is 0 Å². The molecule has 29 heavy (non-hydrogen) atoms. The normalized spacial score (nSPS) is 10.3. The lowest BCUT2D eigenvalue weighted by Crippen LogP contribution is -2.16. The largest absolute Gasteiger partial charge is 0.497 e. The Bertz CT molecular complexity index is 1060. The summed E-state index contributed by atoms with van der Waals surface area (Å²) in [6, 6.07) is 13.5. The highest BCUT2D eigenvalue weighted by atomic mass is 16.5. The number of carbonyl (C=O) groups is 1. The van der Waals surface area contributed by atoms with Crippen LogP contribution < -0.4 is 19.6 Å². The molecule has 0 saturated heterocycles. The summed E-state index contributed by atoms with van der Waals surface area (Å²) < 4.78 is 26.4. The number of benzene rings is 2. The number of esters is 1. The summed E-state index contributed by atoms with van der Waals surface area (Å²) in [6.07, 6.45) is 0. The third-order valence-corrected chi connectivity index (χ3v) is 4.38. The van der Waals surface area contributed by atoms with Crippen molar-refractivity contribution in [1.82, 2.24) is 0 Å². The Morgan fingerprint density at radius 2 is 1.28 bits per heavy atom. The molecule has 0 radical (unpaired) electrons. The van der Waals surface area contributed by atoms with Crippen molar-refractivity contribution in [3.8, 4) is 39.7 Å². The van der Waals surface area contributed by atoms with Crippen LogP contribution in [0.1, 0.15) is 10.6 Å². The van der Waals surface area contributed by atoms with E-state index in [1.165, 1.54) is 21.3 Å². The van der Waals surface area contributed by atoms with Crippen LogP contribution in [0, 0.1) is 0 Å². The molecule has 0 N–H and O–H groups in total. The van der Waals surface area contributed by atoms with Crippen LogP contribution in [-0.2, 0) is 4.74 Å². The highest BCUT2D eigenvalue weighted by Gasteiger charge is 2.27. The molecule has 0 aliphatic carbocycles. The van der Waals surface area contributed by atoms with E-state index in [4.69, 9.17) is 23.4 Å². The third-order valence-electron chi connectivity index (χ3n) is 4.38. The number of ether oxygens (including phenoxy) is 4. The molecule has 3 rings (SSSR count). The van der Waals surface area contributed by atoms with Gasteiger partial charge in [-0.3, -0.25) is 4.79 Å². The number of methoxy groups -OCH3 is 4. The van der Waals surface area contributed by atoms with Crippen molar-refractivity contribution in [2.45, 2.75) is 0 Å². The van der Waals surface area contributed by atoms with Crippen LogP contribution in [0.4, 0.5) is 0 Å². The van der Waals surface area contributed by atoms with Gasteiger partial charge in [0.05, 0.1) is 34.0 Å². The van der Waals surface area contributed by atoms with Gasteiger partial charge in [0.15, 0.2) is 5.76 Å². The van der Waals surface area contributed by atoms with E-state index in [1.54, 1.807) is 55.6 Å². The molecule has 0 aliphatic heterocycles. The third kappa shape index (κ3) is 3.80. The molecule has 7 heteroatoms. The molecule has 0 aliphatic rings. The first-order valence-electron chi connectivity index (χ1n) is 8.66. The monoisotopic (exact) mass is 396 g/mol. The smallest absolute Gasteiger partial charge is 0.374 e. The van der Waals surface area contributed by atoms with Gasteiger partial charge >= 0.3 is 5.97 Å². The van der Waals surface area contributed by atoms with Gasteiger partial charge < -0.3 is 23.4 Å². The fourth-order valence-corrected chi connectivity index (χ4v) is 2.89. The molecule has 150 valence electrons. The highest BCUT2D eigenvalue weighted by Crippen LogP contribution is 2.34. The molecule has 3 aromatic rings. The predicted octanol–water partition coefficient (Wildman–Crippen LogP) is 3.79. The van der Waals surface area contributed by atoms with Crippen molar-refractivity contribution in [3.63, 3.8) is 0 Å². The second-order valence-corrected chi connectivity index (χ2v) is 5.95. The van der Waals surface area contributed by atoms with Crippen LogP contribution in [0.3, 0.4) is 0 Å². The lowest BCUT2D eigenvalue weighted by Gasteiger charge is -2.13. The maximum Gasteiger partial charge on any atom is 0.374 e. The van der Waals surface area contributed by atoms with Crippen molar-refractivity contribution >= 4 is 5.97 Å². The SMILES string of the molecule is COC(=O)c1oc(-c2ccc(OC)cc2)c(OC)c(=O)c1-c1ccc(OC)cc1. The van der Waals surface area contributed by atoms with Gasteiger partial charge in [-0.05, 0) is 42.0 Å². The predicted molar refractivity (Wildman–Crippen MR) is 107 cm³/mol. The molecule has 1 heterocycles. The second-order valence-electron chi connectivity index (χ2n) is 5.95. The van der Waals surface area contributed by atoms with Gasteiger partial charge in [0.2, 0.25) is 16.9 Å². The summed E-state index contributed by atoms with van der Waals surface area (Å²) in [5.74, 6) is 0.365. The minimum atomic E-state index is -0.773. The first-order valence-corrected chi connectivity index (χ1v) is 8.66. The number of rotatable bonds is 6. The van der Waals surface area contributed by atoms with Gasteiger partial charge in [0, 0.05) is 5.56 Å². The van der Waals surface area contributed by atoms with Crippen LogP contribution in [0.15, 0.2) is 57.7 Å². The highest BCUT2D eigenvalue weighted by molar-refractivity contribution is 5.95. The zero-order valence-electron chi connectivity index (χ0n) is 16.5. The lowest BCUT2D eigenvalue weighted by molar-refractivity contribution is 0.0564. The maximum absolute atomic E-state index is 13.3. The zero-order chi connectivity index (χ0) is 21.0. The maximum atomic E-state index is 13.3. The molecule has 7 nitrogen and oxygen atoms in total. The summed E-state index contributed by atoms with van der Waals surface area (Å²) in [5.41, 5.74) is 0.578. The van der Waals surface area contributed by atoms with E-state index < -0.39 is 11.4 Å². The van der Waals surface area contributed by atoms with Crippen LogP contribution in [0.2, 0.25) is 0 Å². The van der Waals surface area contributed by atoms with E-state index in [9.17, 15) is 9.59 Å². The molecule has 0 bridgehead atoms. The summed E-state index contributed by atoms with van der Waals surface area (Å²) in [7, 11) is 5.68. The Morgan fingerprint density at radius 1 is 0.759 bits per heavy atom. The summed E-state index contributed by atoms with van der Waals surface area (Å²) in [5, 5.41) is 0. The topological polar surface area (TPSA) is 84.2 Å². The minimum absolute atomic E-state index is 0.0198. The Hall–Kier alpha value is -3.74. The fourth-order valence-electron chi connectivity index (χ4n) is 2.89. The van der Waals surface area contributed by atoms with Crippen molar-refractivity contribution in [2.75, 3.05) is 28.4 Å². The molecule has 0 spiro atoms. The van der Waals surface area contributed by atoms with E-state index in [1.807, 2.05) is 0 Å². The van der Waals surface area contributed by atoms with Gasteiger partial charge in [-0.1, -0.05) is 12.1 Å². The van der Waals surface area contributed by atoms with E-state index in [0.29, 0.717) is 22.6 Å². The first-order chi connectivity index (χ1) is 14.0. The average Bonchev–Trinajstić information content (AvgIpc) is 2.78. The minimum Gasteiger partial charge on any atom is -0.497 e. The molecule has 0 fully saturated rings. The fraction of sp³-hybridized carbons (Fsp3) is 0.182. The quantitative estimate of drug-likeness (QED) is 0.586. The van der Waals surface area contributed by atoms with Crippen LogP contribution in [-0.4, -0.2) is 34.4 Å². The standard InChI is InChI=1S/C22H20O7/c1-25-15-9-5-13(6-10-15)17-18(23)21(27-3)19(29-20(17)22(24)28-4)14-7-11-16(26-2)12-8-14/h5-12H,1-4H3. The number of hydrogen-bond donors (Lipinski definition) is 0. The number of carbonyl (C=O) groups excluding carboxylic acids is 1. The average molecular weight is 396 g/mol. The summed E-state index contributed by atoms with van der Waals surface area (Å²) >= 11 is 0. The van der Waals surface area contributed by atoms with Crippen LogP contribution >= 0.6 is 0 Å². The van der Waals surface area contributed by atoms with E-state index in [-0.39, 0.29) is 22.8 Å². The molecular formula is C22H20O7. The van der Waals surface area contributed by atoms with Gasteiger partial charge in [-0.2, -0.15) is 0 Å². The van der Waals surface area contributed by atoms with Crippen molar-refractivity contribution < 1.29 is 28.2 Å². The van der Waals surface area contributed by atoms with Crippen LogP contribution in [0.5, 0.6) is 17.2 Å². The number of hydrogen-bond acceptors (Lipinski definition) is 7. The Labute approximate surface area is 167 Å². The van der Waals surface area contributed by atoms with Crippen LogP contribution in [0.25, 0.3) is 22.5 Å². The van der Waals surface area contributed by atoms with Crippen molar-refractivity contribution in [1.29, 1.82) is 0 Å². The molecule has 0 amide bonds. The van der Waals surface area contributed by atoms with Gasteiger partial charge in [-0.15, -0.1) is 0 Å². The Kier molecular flexibility index (Phi) is 5.87. The molecule has 2 aromatic carbocycles. The zero-order valence-corrected chi connectivity index (χ0v) is 16.5. The van der Waals surface area contributed by atoms with Crippen molar-refractivity contribution in [2.24, 2.45) is 0 Å². The summed E-state index contributed by atoms with van der Waals surface area (Å²) in [4.78, 5) is 25.7. The van der Waals surface area contributed by atoms with Gasteiger partial charge in [0.1, 0.15) is 11.5 Å². The molecule has 1 aromatic heterocycles. The first kappa shape index (κ1) is 20.0. The molecule has 0 saturated carbocycles. The molecule has 0 atom stereocenters. The Balaban J connectivity index is 2.28. The second kappa shape index (κ2) is 8.52. The van der Waals surface area contributed by atoms with E-state index in [0.717, 1.165) is 0 Å². The van der Waals surface area contributed by atoms with Gasteiger partial charge in [-0.25, -0.2) is 4.79 Å².